The summed E-state index contributed by atoms with van der Waals surface area (Å²) >= 11 is 3.15. The summed E-state index contributed by atoms with van der Waals surface area (Å²) in [5, 5.41) is 3.25. The maximum atomic E-state index is 13.2. The lowest BCUT2D eigenvalue weighted by Crippen LogP contribution is -2.42. The average Bonchev–Trinajstić information content (AvgIpc) is 2.40. The van der Waals surface area contributed by atoms with Crippen LogP contribution in [0.2, 0.25) is 0 Å². The van der Waals surface area contributed by atoms with Gasteiger partial charge >= 0.3 is 0 Å². The van der Waals surface area contributed by atoms with Crippen molar-refractivity contribution < 1.29 is 12.8 Å². The van der Waals surface area contributed by atoms with Crippen molar-refractivity contribution in [2.75, 3.05) is 19.6 Å². The number of halogens is 2. The van der Waals surface area contributed by atoms with Gasteiger partial charge in [-0.05, 0) is 65.5 Å². The second kappa shape index (κ2) is 6.09. The first-order valence-corrected chi connectivity index (χ1v) is 8.76. The van der Waals surface area contributed by atoms with Crippen LogP contribution in [0.15, 0.2) is 27.6 Å². The third-order valence-corrected chi connectivity index (χ3v) is 6.08. The number of nitrogens with one attached hydrogen (secondary N) is 2. The average molecular weight is 365 g/mol. The molecule has 2 N–H and O–H groups in total. The maximum absolute atomic E-state index is 13.2. The molecule has 4 nitrogen and oxygen atoms in total. The molecule has 1 aliphatic rings. The van der Waals surface area contributed by atoms with Gasteiger partial charge in [0, 0.05) is 11.0 Å². The smallest absolute Gasteiger partial charge is 0.241 e. The summed E-state index contributed by atoms with van der Waals surface area (Å²) in [6.07, 6.45) is 1.83. The molecule has 112 valence electrons. The molecule has 0 saturated carbocycles. The van der Waals surface area contributed by atoms with Crippen LogP contribution in [-0.2, 0) is 10.0 Å². The van der Waals surface area contributed by atoms with E-state index in [9.17, 15) is 12.8 Å². The van der Waals surface area contributed by atoms with Crippen molar-refractivity contribution in [1.82, 2.24) is 10.0 Å². The van der Waals surface area contributed by atoms with Crippen molar-refractivity contribution in [1.29, 1.82) is 0 Å². The van der Waals surface area contributed by atoms with Gasteiger partial charge in [0.1, 0.15) is 5.82 Å². The predicted octanol–water partition coefficient (Wildman–Crippen LogP) is 2.26. The van der Waals surface area contributed by atoms with Crippen LogP contribution in [-0.4, -0.2) is 28.1 Å². The summed E-state index contributed by atoms with van der Waals surface area (Å²) in [4.78, 5) is -0.0602. The number of sulfonamides is 1. The van der Waals surface area contributed by atoms with Crippen LogP contribution in [0.1, 0.15) is 19.8 Å². The van der Waals surface area contributed by atoms with Gasteiger partial charge in [0.15, 0.2) is 0 Å². The number of benzene rings is 1. The van der Waals surface area contributed by atoms with Crippen molar-refractivity contribution in [3.05, 3.63) is 28.5 Å². The molecule has 0 aromatic heterocycles. The molecule has 0 aliphatic carbocycles. The number of hydrogen-bond donors (Lipinski definition) is 2. The number of rotatable bonds is 4. The van der Waals surface area contributed by atoms with Crippen molar-refractivity contribution in [2.45, 2.75) is 24.7 Å². The third-order valence-electron chi connectivity index (χ3n) is 3.68. The minimum absolute atomic E-state index is 0.0574. The summed E-state index contributed by atoms with van der Waals surface area (Å²) in [7, 11) is -3.71. The number of piperidine rings is 1. The van der Waals surface area contributed by atoms with E-state index in [-0.39, 0.29) is 10.3 Å². The fourth-order valence-electron chi connectivity index (χ4n) is 2.24. The zero-order valence-corrected chi connectivity index (χ0v) is 13.7. The summed E-state index contributed by atoms with van der Waals surface area (Å²) in [6, 6.07) is 3.64. The fourth-order valence-corrected chi connectivity index (χ4v) is 4.41. The molecule has 2 rings (SSSR count). The summed E-state index contributed by atoms with van der Waals surface area (Å²) in [5.41, 5.74) is -0.0574. The summed E-state index contributed by atoms with van der Waals surface area (Å²) in [5.74, 6) is -0.568. The Balaban J connectivity index is 2.13. The Labute approximate surface area is 127 Å². The van der Waals surface area contributed by atoms with Gasteiger partial charge in [-0.15, -0.1) is 0 Å². The highest BCUT2D eigenvalue weighted by atomic mass is 79.9. The molecule has 1 aliphatic heterocycles. The Hall–Kier alpha value is -0.500. The lowest BCUT2D eigenvalue weighted by molar-refractivity contribution is 0.232. The van der Waals surface area contributed by atoms with E-state index in [2.05, 4.69) is 32.9 Å². The molecule has 1 aromatic rings. The molecular formula is C13H18BrFN2O2S. The lowest BCUT2D eigenvalue weighted by Gasteiger charge is -2.34. The van der Waals surface area contributed by atoms with E-state index in [0.717, 1.165) is 32.0 Å². The fraction of sp³-hybridized carbons (Fsp3) is 0.538. The zero-order valence-electron chi connectivity index (χ0n) is 11.2. The van der Waals surface area contributed by atoms with Crippen LogP contribution in [0.4, 0.5) is 4.39 Å². The van der Waals surface area contributed by atoms with Gasteiger partial charge in [-0.3, -0.25) is 0 Å². The second-order valence-electron chi connectivity index (χ2n) is 5.46. The van der Waals surface area contributed by atoms with Crippen molar-refractivity contribution in [3.63, 3.8) is 0 Å². The molecular weight excluding hydrogens is 347 g/mol. The van der Waals surface area contributed by atoms with E-state index in [4.69, 9.17) is 0 Å². The van der Waals surface area contributed by atoms with Gasteiger partial charge in [-0.25, -0.2) is 17.5 Å². The maximum Gasteiger partial charge on any atom is 0.241 e. The first-order valence-electron chi connectivity index (χ1n) is 6.48. The van der Waals surface area contributed by atoms with Crippen LogP contribution in [0, 0.1) is 11.2 Å². The normalized spacial score (nSPS) is 18.9. The lowest BCUT2D eigenvalue weighted by atomic mass is 9.81. The van der Waals surface area contributed by atoms with Gasteiger partial charge in [0.2, 0.25) is 10.0 Å². The predicted molar refractivity (Wildman–Crippen MR) is 79.5 cm³/mol. The summed E-state index contributed by atoms with van der Waals surface area (Å²) < 4.78 is 40.7. The highest BCUT2D eigenvalue weighted by molar-refractivity contribution is 9.10. The molecule has 7 heteroatoms. The highest BCUT2D eigenvalue weighted by Crippen LogP contribution is 2.28. The second-order valence-corrected chi connectivity index (χ2v) is 8.05. The van der Waals surface area contributed by atoms with Crippen molar-refractivity contribution in [2.24, 2.45) is 5.41 Å². The molecule has 1 heterocycles. The van der Waals surface area contributed by atoms with Gasteiger partial charge < -0.3 is 5.32 Å². The van der Waals surface area contributed by atoms with E-state index in [0.29, 0.717) is 11.0 Å². The van der Waals surface area contributed by atoms with E-state index in [1.165, 1.54) is 12.1 Å². The molecule has 0 bridgehead atoms. The molecule has 0 atom stereocenters. The minimum atomic E-state index is -3.71. The largest absolute Gasteiger partial charge is 0.317 e. The standard InChI is InChI=1S/C13H18BrFN2O2S/c1-13(4-6-16-7-5-13)9-17-20(18,19)12-8-10(15)2-3-11(12)14/h2-3,8,16-17H,4-7,9H2,1H3. The molecule has 20 heavy (non-hydrogen) atoms. The molecule has 1 aromatic carbocycles. The van der Waals surface area contributed by atoms with Gasteiger partial charge in [-0.2, -0.15) is 0 Å². The van der Waals surface area contributed by atoms with Crippen LogP contribution in [0.5, 0.6) is 0 Å². The van der Waals surface area contributed by atoms with Gasteiger partial charge in [0.05, 0.1) is 4.90 Å². The van der Waals surface area contributed by atoms with Crippen molar-refractivity contribution >= 4 is 26.0 Å². The molecule has 0 unspecified atom stereocenters. The Bertz CT molecular complexity index is 586. The van der Waals surface area contributed by atoms with Gasteiger partial charge in [0.25, 0.3) is 0 Å². The highest BCUT2D eigenvalue weighted by Gasteiger charge is 2.29. The Morgan fingerprint density at radius 2 is 2.05 bits per heavy atom. The number of hydrogen-bond acceptors (Lipinski definition) is 3. The van der Waals surface area contributed by atoms with Gasteiger partial charge in [-0.1, -0.05) is 6.92 Å². The topological polar surface area (TPSA) is 58.2 Å². The van der Waals surface area contributed by atoms with E-state index >= 15 is 0 Å². The minimum Gasteiger partial charge on any atom is -0.317 e. The van der Waals surface area contributed by atoms with E-state index in [1.54, 1.807) is 0 Å². The zero-order chi connectivity index (χ0) is 14.8. The molecule has 1 fully saturated rings. The monoisotopic (exact) mass is 364 g/mol. The molecule has 0 amide bonds. The quantitative estimate of drug-likeness (QED) is 0.861. The first-order chi connectivity index (χ1) is 9.32. The third kappa shape index (κ3) is 3.78. The Morgan fingerprint density at radius 3 is 2.70 bits per heavy atom. The Kier molecular flexibility index (Phi) is 4.84. The Morgan fingerprint density at radius 1 is 1.40 bits per heavy atom. The van der Waals surface area contributed by atoms with E-state index < -0.39 is 15.8 Å². The molecule has 0 spiro atoms. The molecule has 1 saturated heterocycles. The van der Waals surface area contributed by atoms with Crippen LogP contribution in [0.3, 0.4) is 0 Å². The molecule has 0 radical (unpaired) electrons. The van der Waals surface area contributed by atoms with Crippen molar-refractivity contribution in [3.8, 4) is 0 Å². The first kappa shape index (κ1) is 15.9. The van der Waals surface area contributed by atoms with Crippen LogP contribution >= 0.6 is 15.9 Å². The van der Waals surface area contributed by atoms with Crippen LogP contribution in [0.25, 0.3) is 0 Å². The summed E-state index contributed by atoms with van der Waals surface area (Å²) in [6.45, 7) is 4.21. The SMILES string of the molecule is CC1(CNS(=O)(=O)c2cc(F)ccc2Br)CCNCC1. The van der Waals surface area contributed by atoms with E-state index in [1.807, 2.05) is 0 Å². The van der Waals surface area contributed by atoms with Crippen LogP contribution < -0.4 is 10.0 Å².